The summed E-state index contributed by atoms with van der Waals surface area (Å²) in [6, 6.07) is 23.2. The van der Waals surface area contributed by atoms with Crippen LogP contribution >= 0.6 is 0 Å². The molecular weight excluding hydrogens is 343 g/mol. The van der Waals surface area contributed by atoms with Gasteiger partial charge < -0.3 is 10.6 Å². The lowest BCUT2D eigenvalue weighted by atomic mass is 10.1. The Balaban J connectivity index is 1.85. The predicted molar refractivity (Wildman–Crippen MR) is 103 cm³/mol. The van der Waals surface area contributed by atoms with Gasteiger partial charge in [0.15, 0.2) is 0 Å². The smallest absolute Gasteiger partial charge is 0.272 e. The Morgan fingerprint density at radius 1 is 0.778 bits per heavy atom. The van der Waals surface area contributed by atoms with Gasteiger partial charge >= 0.3 is 0 Å². The van der Waals surface area contributed by atoms with Crippen LogP contribution in [0.25, 0.3) is 6.08 Å². The summed E-state index contributed by atoms with van der Waals surface area (Å²) >= 11 is 0. The second-order valence-electron chi connectivity index (χ2n) is 5.75. The van der Waals surface area contributed by atoms with E-state index in [0.717, 1.165) is 5.56 Å². The van der Waals surface area contributed by atoms with Crippen molar-refractivity contribution in [3.8, 4) is 0 Å². The number of amides is 2. The third-order valence-electron chi connectivity index (χ3n) is 3.74. The van der Waals surface area contributed by atoms with Crippen LogP contribution in [0.3, 0.4) is 0 Å². The molecule has 5 heteroatoms. The van der Waals surface area contributed by atoms with Gasteiger partial charge in [0.05, 0.1) is 0 Å². The van der Waals surface area contributed by atoms with Crippen molar-refractivity contribution < 1.29 is 14.0 Å². The van der Waals surface area contributed by atoms with Crippen LogP contribution < -0.4 is 10.6 Å². The van der Waals surface area contributed by atoms with Gasteiger partial charge in [0, 0.05) is 11.3 Å². The van der Waals surface area contributed by atoms with E-state index in [2.05, 4.69) is 10.6 Å². The van der Waals surface area contributed by atoms with Crippen LogP contribution in [0.4, 0.5) is 10.1 Å². The van der Waals surface area contributed by atoms with Crippen LogP contribution in [-0.4, -0.2) is 11.8 Å². The SMILES string of the molecule is O=C(Nc1ccc(F)cc1)/C(=C/c1ccccc1)NC(=O)c1ccccc1. The predicted octanol–water partition coefficient (Wildman–Crippen LogP) is 4.24. The van der Waals surface area contributed by atoms with Crippen molar-refractivity contribution in [3.05, 3.63) is 108 Å². The van der Waals surface area contributed by atoms with Gasteiger partial charge in [0.2, 0.25) is 0 Å². The van der Waals surface area contributed by atoms with Crippen LogP contribution in [0.2, 0.25) is 0 Å². The van der Waals surface area contributed by atoms with Gasteiger partial charge in [-0.2, -0.15) is 0 Å². The van der Waals surface area contributed by atoms with Gasteiger partial charge in [-0.3, -0.25) is 9.59 Å². The summed E-state index contributed by atoms with van der Waals surface area (Å²) in [6.07, 6.45) is 1.58. The zero-order valence-corrected chi connectivity index (χ0v) is 14.4. The largest absolute Gasteiger partial charge is 0.321 e. The summed E-state index contributed by atoms with van der Waals surface area (Å²) in [5, 5.41) is 5.31. The fourth-order valence-corrected chi connectivity index (χ4v) is 2.39. The van der Waals surface area contributed by atoms with Gasteiger partial charge in [0.1, 0.15) is 11.5 Å². The first-order valence-corrected chi connectivity index (χ1v) is 8.32. The maximum absolute atomic E-state index is 13.0. The van der Waals surface area contributed by atoms with Crippen molar-refractivity contribution in [2.24, 2.45) is 0 Å². The Morgan fingerprint density at radius 2 is 1.37 bits per heavy atom. The lowest BCUT2D eigenvalue weighted by Crippen LogP contribution is -2.30. The Hall–Kier alpha value is -3.73. The fraction of sp³-hybridized carbons (Fsp3) is 0. The third kappa shape index (κ3) is 5.12. The molecule has 0 radical (unpaired) electrons. The van der Waals surface area contributed by atoms with Crippen molar-refractivity contribution in [1.29, 1.82) is 0 Å². The summed E-state index contributed by atoms with van der Waals surface area (Å²) in [6.45, 7) is 0. The first kappa shape index (κ1) is 18.1. The molecule has 134 valence electrons. The average molecular weight is 360 g/mol. The van der Waals surface area contributed by atoms with Crippen LogP contribution in [-0.2, 0) is 4.79 Å². The van der Waals surface area contributed by atoms with E-state index in [1.807, 2.05) is 30.3 Å². The molecule has 0 aliphatic heterocycles. The summed E-state index contributed by atoms with van der Waals surface area (Å²) in [7, 11) is 0. The van der Waals surface area contributed by atoms with E-state index < -0.39 is 17.6 Å². The summed E-state index contributed by atoms with van der Waals surface area (Å²) in [4.78, 5) is 25.1. The van der Waals surface area contributed by atoms with Crippen LogP contribution in [0.1, 0.15) is 15.9 Å². The van der Waals surface area contributed by atoms with Crippen LogP contribution in [0, 0.1) is 5.82 Å². The van der Waals surface area contributed by atoms with Gasteiger partial charge in [0.25, 0.3) is 11.8 Å². The molecule has 3 aromatic rings. The summed E-state index contributed by atoms with van der Waals surface area (Å²) < 4.78 is 13.0. The molecule has 0 aliphatic carbocycles. The highest BCUT2D eigenvalue weighted by atomic mass is 19.1. The number of rotatable bonds is 5. The summed E-state index contributed by atoms with van der Waals surface area (Å²) in [5.41, 5.74) is 1.70. The van der Waals surface area contributed by atoms with Gasteiger partial charge in [-0.15, -0.1) is 0 Å². The Morgan fingerprint density at radius 3 is 2.00 bits per heavy atom. The second-order valence-corrected chi connectivity index (χ2v) is 5.75. The number of benzene rings is 3. The van der Waals surface area contributed by atoms with Gasteiger partial charge in [-0.05, 0) is 48.0 Å². The minimum absolute atomic E-state index is 0.0828. The molecule has 4 nitrogen and oxygen atoms in total. The Bertz CT molecular complexity index is 953. The molecule has 0 unspecified atom stereocenters. The normalized spacial score (nSPS) is 10.9. The molecule has 0 spiro atoms. The van der Waals surface area contributed by atoms with E-state index in [9.17, 15) is 14.0 Å². The molecule has 0 atom stereocenters. The van der Waals surface area contributed by atoms with Crippen LogP contribution in [0.5, 0.6) is 0 Å². The first-order chi connectivity index (χ1) is 13.1. The molecule has 2 amide bonds. The highest BCUT2D eigenvalue weighted by Crippen LogP contribution is 2.12. The molecule has 0 bridgehead atoms. The number of carbonyl (C=O) groups excluding carboxylic acids is 2. The third-order valence-corrected chi connectivity index (χ3v) is 3.74. The molecular formula is C22H17FN2O2. The van der Waals surface area contributed by atoms with E-state index in [-0.39, 0.29) is 5.70 Å². The minimum Gasteiger partial charge on any atom is -0.321 e. The molecule has 0 saturated carbocycles. The van der Waals surface area contributed by atoms with E-state index in [0.29, 0.717) is 11.3 Å². The molecule has 2 N–H and O–H groups in total. The maximum Gasteiger partial charge on any atom is 0.272 e. The number of nitrogens with one attached hydrogen (secondary N) is 2. The number of halogens is 1. The molecule has 3 aromatic carbocycles. The first-order valence-electron chi connectivity index (χ1n) is 8.32. The molecule has 3 rings (SSSR count). The van der Waals surface area contributed by atoms with Gasteiger partial charge in [-0.25, -0.2) is 4.39 Å². The molecule has 0 aromatic heterocycles. The van der Waals surface area contributed by atoms with Crippen LogP contribution in [0.15, 0.2) is 90.6 Å². The topological polar surface area (TPSA) is 58.2 Å². The Labute approximate surface area is 156 Å². The number of hydrogen-bond acceptors (Lipinski definition) is 2. The standard InChI is InChI=1S/C22H17FN2O2/c23-18-11-13-19(14-12-18)24-22(27)20(15-16-7-3-1-4-8-16)25-21(26)17-9-5-2-6-10-17/h1-15H,(H,24,27)(H,25,26)/b20-15-. The lowest BCUT2D eigenvalue weighted by molar-refractivity contribution is -0.113. The van der Waals surface area contributed by atoms with Crippen molar-refractivity contribution in [3.63, 3.8) is 0 Å². The molecule has 0 aliphatic rings. The van der Waals surface area contributed by atoms with E-state index in [4.69, 9.17) is 0 Å². The van der Waals surface area contributed by atoms with E-state index >= 15 is 0 Å². The number of carbonyl (C=O) groups is 2. The second kappa shape index (κ2) is 8.58. The van der Waals surface area contributed by atoms with Crippen molar-refractivity contribution >= 4 is 23.6 Å². The molecule has 0 fully saturated rings. The summed E-state index contributed by atoms with van der Waals surface area (Å²) in [5.74, 6) is -1.30. The fourth-order valence-electron chi connectivity index (χ4n) is 2.39. The quantitative estimate of drug-likeness (QED) is 0.669. The minimum atomic E-state index is -0.505. The molecule has 0 saturated heterocycles. The number of hydrogen-bond donors (Lipinski definition) is 2. The molecule has 27 heavy (non-hydrogen) atoms. The van der Waals surface area contributed by atoms with E-state index in [1.165, 1.54) is 24.3 Å². The highest BCUT2D eigenvalue weighted by molar-refractivity contribution is 6.10. The lowest BCUT2D eigenvalue weighted by Gasteiger charge is -2.11. The van der Waals surface area contributed by atoms with E-state index in [1.54, 1.807) is 36.4 Å². The van der Waals surface area contributed by atoms with Gasteiger partial charge in [-0.1, -0.05) is 48.5 Å². The highest BCUT2D eigenvalue weighted by Gasteiger charge is 2.15. The van der Waals surface area contributed by atoms with Crippen molar-refractivity contribution in [2.45, 2.75) is 0 Å². The Kier molecular flexibility index (Phi) is 5.74. The zero-order chi connectivity index (χ0) is 19.1. The maximum atomic E-state index is 13.0. The monoisotopic (exact) mass is 360 g/mol. The van der Waals surface area contributed by atoms with Crippen molar-refractivity contribution in [1.82, 2.24) is 5.32 Å². The number of anilines is 1. The average Bonchev–Trinajstić information content (AvgIpc) is 2.70. The van der Waals surface area contributed by atoms with Crippen molar-refractivity contribution in [2.75, 3.05) is 5.32 Å². The molecule has 0 heterocycles. The zero-order valence-electron chi connectivity index (χ0n) is 14.4.